The Bertz CT molecular complexity index is 740. The second kappa shape index (κ2) is 10.2. The molecule has 0 heterocycles. The highest BCUT2D eigenvalue weighted by Gasteiger charge is 2.25. The molecule has 1 N–H and O–H groups in total. The maximum atomic E-state index is 12.8. The number of halogens is 1. The first-order valence-electron chi connectivity index (χ1n) is 8.38. The lowest BCUT2D eigenvalue weighted by Crippen LogP contribution is -2.47. The minimum Gasteiger partial charge on any atom is -0.357 e. The molecule has 2 rings (SSSR count). The zero-order valence-electron chi connectivity index (χ0n) is 14.9. The largest absolute Gasteiger partial charge is 0.357 e. The van der Waals surface area contributed by atoms with Gasteiger partial charge < -0.3 is 10.2 Å². The molecule has 0 aromatic heterocycles. The molecule has 0 saturated carbocycles. The topological polar surface area (TPSA) is 49.4 Å². The summed E-state index contributed by atoms with van der Waals surface area (Å²) in [5, 5.41) is 3.23. The van der Waals surface area contributed by atoms with Crippen LogP contribution in [0, 0.1) is 0 Å². The van der Waals surface area contributed by atoms with Crippen molar-refractivity contribution in [3.63, 3.8) is 0 Å². The molecule has 0 spiro atoms. The van der Waals surface area contributed by atoms with Gasteiger partial charge in [-0.3, -0.25) is 9.59 Å². The molecule has 0 aliphatic heterocycles. The highest BCUT2D eigenvalue weighted by atomic mass is 35.5. The molecule has 0 unspecified atom stereocenters. The summed E-state index contributed by atoms with van der Waals surface area (Å²) in [6.07, 6.45) is 0. The summed E-state index contributed by atoms with van der Waals surface area (Å²) in [6.45, 7) is 2.09. The van der Waals surface area contributed by atoms with E-state index in [2.05, 4.69) is 5.32 Å². The summed E-state index contributed by atoms with van der Waals surface area (Å²) in [5.74, 6) is 0.818. The third-order valence-corrected chi connectivity index (χ3v) is 5.22. The number of nitrogens with zero attached hydrogens (tertiary/aromatic N) is 1. The molecule has 0 aliphatic carbocycles. The SMILES string of the molecule is CNC(=O)[C@@H](C)N(Cc1cccc(Cl)c1)C(=O)CSCc1ccccc1. The average Bonchev–Trinajstić information content (AvgIpc) is 2.65. The average molecular weight is 391 g/mol. The van der Waals surface area contributed by atoms with E-state index in [-0.39, 0.29) is 11.8 Å². The smallest absolute Gasteiger partial charge is 0.242 e. The molecule has 0 bridgehead atoms. The van der Waals surface area contributed by atoms with E-state index in [1.54, 1.807) is 36.7 Å². The molecule has 0 aliphatic rings. The summed E-state index contributed by atoms with van der Waals surface area (Å²) in [7, 11) is 1.57. The first-order valence-corrected chi connectivity index (χ1v) is 9.91. The minimum atomic E-state index is -0.552. The van der Waals surface area contributed by atoms with Crippen LogP contribution in [0.2, 0.25) is 5.02 Å². The lowest BCUT2D eigenvalue weighted by Gasteiger charge is -2.28. The standard InChI is InChI=1S/C20H23ClN2O2S/c1-15(20(25)22-2)23(12-17-9-6-10-18(21)11-17)19(24)14-26-13-16-7-4-3-5-8-16/h3-11,15H,12-14H2,1-2H3,(H,22,25)/t15-/m1/s1. The molecule has 26 heavy (non-hydrogen) atoms. The Morgan fingerprint density at radius 1 is 1.12 bits per heavy atom. The van der Waals surface area contributed by atoms with E-state index in [9.17, 15) is 9.59 Å². The molecule has 2 aromatic rings. The molecule has 6 heteroatoms. The van der Waals surface area contributed by atoms with Gasteiger partial charge >= 0.3 is 0 Å². The fourth-order valence-corrected chi connectivity index (χ4v) is 3.62. The van der Waals surface area contributed by atoms with Crippen molar-refractivity contribution in [1.29, 1.82) is 0 Å². The fraction of sp³-hybridized carbons (Fsp3) is 0.300. The number of amides is 2. The van der Waals surface area contributed by atoms with E-state index < -0.39 is 6.04 Å². The van der Waals surface area contributed by atoms with Gasteiger partial charge in [-0.2, -0.15) is 0 Å². The van der Waals surface area contributed by atoms with E-state index in [1.807, 2.05) is 48.5 Å². The Morgan fingerprint density at radius 3 is 2.46 bits per heavy atom. The lowest BCUT2D eigenvalue weighted by molar-refractivity contribution is -0.138. The van der Waals surface area contributed by atoms with Gasteiger partial charge in [0.15, 0.2) is 0 Å². The number of hydrogen-bond donors (Lipinski definition) is 1. The number of hydrogen-bond acceptors (Lipinski definition) is 3. The van der Waals surface area contributed by atoms with Gasteiger partial charge in [-0.15, -0.1) is 11.8 Å². The van der Waals surface area contributed by atoms with E-state index in [0.717, 1.165) is 11.3 Å². The number of carbonyl (C=O) groups is 2. The number of rotatable bonds is 8. The first-order chi connectivity index (χ1) is 12.5. The maximum Gasteiger partial charge on any atom is 0.242 e. The molecule has 0 radical (unpaired) electrons. The number of nitrogens with one attached hydrogen (secondary N) is 1. The Balaban J connectivity index is 2.04. The van der Waals surface area contributed by atoms with Crippen molar-refractivity contribution in [2.24, 2.45) is 0 Å². The zero-order valence-corrected chi connectivity index (χ0v) is 16.5. The monoisotopic (exact) mass is 390 g/mol. The van der Waals surface area contributed by atoms with Crippen LogP contribution in [0.25, 0.3) is 0 Å². The Kier molecular flexibility index (Phi) is 8.01. The third kappa shape index (κ3) is 6.07. The van der Waals surface area contributed by atoms with E-state index >= 15 is 0 Å². The highest BCUT2D eigenvalue weighted by Crippen LogP contribution is 2.17. The quantitative estimate of drug-likeness (QED) is 0.747. The predicted molar refractivity (Wildman–Crippen MR) is 108 cm³/mol. The van der Waals surface area contributed by atoms with Gasteiger partial charge in [0.1, 0.15) is 6.04 Å². The fourth-order valence-electron chi connectivity index (χ4n) is 2.54. The Hall–Kier alpha value is -1.98. The lowest BCUT2D eigenvalue weighted by atomic mass is 10.1. The summed E-state index contributed by atoms with van der Waals surface area (Å²) in [5.41, 5.74) is 2.07. The van der Waals surface area contributed by atoms with Crippen molar-refractivity contribution < 1.29 is 9.59 Å². The van der Waals surface area contributed by atoms with Crippen LogP contribution in [0.15, 0.2) is 54.6 Å². The van der Waals surface area contributed by atoms with Crippen LogP contribution in [-0.2, 0) is 21.9 Å². The molecule has 0 saturated heterocycles. The van der Waals surface area contributed by atoms with Crippen LogP contribution < -0.4 is 5.32 Å². The van der Waals surface area contributed by atoms with Crippen molar-refractivity contribution in [2.45, 2.75) is 25.3 Å². The number of likely N-dealkylation sites (N-methyl/N-ethyl adjacent to an activating group) is 1. The maximum absolute atomic E-state index is 12.8. The molecule has 2 amide bonds. The van der Waals surface area contributed by atoms with Gasteiger partial charge in [0.05, 0.1) is 5.75 Å². The second-order valence-corrected chi connectivity index (χ2v) is 7.34. The van der Waals surface area contributed by atoms with E-state index in [1.165, 1.54) is 5.56 Å². The van der Waals surface area contributed by atoms with Gasteiger partial charge in [-0.25, -0.2) is 0 Å². The summed E-state index contributed by atoms with van der Waals surface area (Å²) >= 11 is 7.59. The molecule has 0 fully saturated rings. The van der Waals surface area contributed by atoms with E-state index in [0.29, 0.717) is 17.3 Å². The van der Waals surface area contributed by atoms with Crippen molar-refractivity contribution in [2.75, 3.05) is 12.8 Å². The van der Waals surface area contributed by atoms with Gasteiger partial charge in [0.25, 0.3) is 0 Å². The summed E-state index contributed by atoms with van der Waals surface area (Å²) in [6, 6.07) is 16.8. The highest BCUT2D eigenvalue weighted by molar-refractivity contribution is 7.99. The van der Waals surface area contributed by atoms with Gasteiger partial charge in [0, 0.05) is 24.4 Å². The van der Waals surface area contributed by atoms with Crippen LogP contribution in [0.5, 0.6) is 0 Å². The second-order valence-electron chi connectivity index (χ2n) is 5.92. The normalized spacial score (nSPS) is 11.7. The van der Waals surface area contributed by atoms with Crippen LogP contribution in [0.4, 0.5) is 0 Å². The molecular weight excluding hydrogens is 368 g/mol. The zero-order chi connectivity index (χ0) is 18.9. The van der Waals surface area contributed by atoms with Crippen molar-refractivity contribution in [3.05, 3.63) is 70.7 Å². The third-order valence-electron chi connectivity index (χ3n) is 3.99. The molecular formula is C20H23ClN2O2S. The molecule has 4 nitrogen and oxygen atoms in total. The number of carbonyl (C=O) groups excluding carboxylic acids is 2. The van der Waals surface area contributed by atoms with Gasteiger partial charge in [-0.05, 0) is 30.2 Å². The number of thioether (sulfide) groups is 1. The minimum absolute atomic E-state index is 0.0676. The Labute approximate surface area is 163 Å². The van der Waals surface area contributed by atoms with Gasteiger partial charge in [-0.1, -0.05) is 54.1 Å². The molecule has 138 valence electrons. The van der Waals surface area contributed by atoms with E-state index in [4.69, 9.17) is 11.6 Å². The van der Waals surface area contributed by atoms with Crippen molar-refractivity contribution in [1.82, 2.24) is 10.2 Å². The van der Waals surface area contributed by atoms with Crippen LogP contribution in [0.3, 0.4) is 0 Å². The van der Waals surface area contributed by atoms with Crippen LogP contribution in [0.1, 0.15) is 18.1 Å². The number of benzene rings is 2. The first kappa shape index (κ1) is 20.3. The van der Waals surface area contributed by atoms with Crippen molar-refractivity contribution >= 4 is 35.2 Å². The predicted octanol–water partition coefficient (Wildman–Crippen LogP) is 3.74. The van der Waals surface area contributed by atoms with Crippen LogP contribution in [-0.4, -0.2) is 35.6 Å². The summed E-state index contributed by atoms with van der Waals surface area (Å²) < 4.78 is 0. The summed E-state index contributed by atoms with van der Waals surface area (Å²) in [4.78, 5) is 26.4. The molecule has 1 atom stereocenters. The van der Waals surface area contributed by atoms with Crippen molar-refractivity contribution in [3.8, 4) is 0 Å². The molecule has 2 aromatic carbocycles. The van der Waals surface area contributed by atoms with Crippen LogP contribution >= 0.6 is 23.4 Å². The Morgan fingerprint density at radius 2 is 1.81 bits per heavy atom. The van der Waals surface area contributed by atoms with Gasteiger partial charge in [0.2, 0.25) is 11.8 Å².